The van der Waals surface area contributed by atoms with Gasteiger partial charge in [0, 0.05) is 6.54 Å². The summed E-state index contributed by atoms with van der Waals surface area (Å²) in [5.74, 6) is -0.219. The maximum absolute atomic E-state index is 10.7. The number of hydrogen-bond acceptors (Lipinski definition) is 3. The number of carbonyl (C=O) groups is 1. The second-order valence-corrected chi connectivity index (χ2v) is 1.84. The van der Waals surface area contributed by atoms with Crippen molar-refractivity contribution in [3.05, 3.63) is 12.2 Å². The van der Waals surface area contributed by atoms with E-state index in [2.05, 4.69) is 10.1 Å². The zero-order chi connectivity index (χ0) is 6.69. The summed E-state index contributed by atoms with van der Waals surface area (Å²) < 4.78 is 4.48. The minimum absolute atomic E-state index is 0.213. The summed E-state index contributed by atoms with van der Waals surface area (Å²) in [6.07, 6.45) is 3.70. The van der Waals surface area contributed by atoms with Crippen molar-refractivity contribution in [3.63, 3.8) is 0 Å². The van der Waals surface area contributed by atoms with E-state index in [0.717, 1.165) is 6.54 Å². The van der Waals surface area contributed by atoms with Gasteiger partial charge in [0.2, 0.25) is 0 Å². The van der Waals surface area contributed by atoms with E-state index in [9.17, 15) is 4.79 Å². The molecule has 0 amide bonds. The first kappa shape index (κ1) is 6.29. The molecule has 0 aromatic carbocycles. The van der Waals surface area contributed by atoms with Crippen LogP contribution in [0, 0.1) is 0 Å². The number of hydrogen-bond donors (Lipinski definition) is 1. The minimum atomic E-state index is -0.219. The van der Waals surface area contributed by atoms with Gasteiger partial charge in [-0.15, -0.1) is 0 Å². The summed E-state index contributed by atoms with van der Waals surface area (Å²) in [5.41, 5.74) is 0. The molecule has 1 N–H and O–H groups in total. The van der Waals surface area contributed by atoms with E-state index in [0.29, 0.717) is 0 Å². The summed E-state index contributed by atoms with van der Waals surface area (Å²) in [6, 6.07) is -0.213. The number of ether oxygens (including phenoxy) is 1. The Bertz CT molecular complexity index is 142. The third-order valence-corrected chi connectivity index (χ3v) is 1.24. The highest BCUT2D eigenvalue weighted by Gasteiger charge is 2.16. The molecule has 50 valence electrons. The second kappa shape index (κ2) is 2.64. The van der Waals surface area contributed by atoms with Gasteiger partial charge in [0.25, 0.3) is 0 Å². The third-order valence-electron chi connectivity index (χ3n) is 1.24. The lowest BCUT2D eigenvalue weighted by molar-refractivity contribution is -0.141. The average Bonchev–Trinajstić information content (AvgIpc) is 2.37. The van der Waals surface area contributed by atoms with Gasteiger partial charge >= 0.3 is 5.97 Å². The SMILES string of the molecule is COC(=O)C1C=CCN1. The fraction of sp³-hybridized carbons (Fsp3) is 0.500. The van der Waals surface area contributed by atoms with Crippen LogP contribution in [0.2, 0.25) is 0 Å². The number of esters is 1. The van der Waals surface area contributed by atoms with Crippen molar-refractivity contribution in [2.45, 2.75) is 6.04 Å². The van der Waals surface area contributed by atoms with E-state index in [4.69, 9.17) is 0 Å². The van der Waals surface area contributed by atoms with Crippen LogP contribution >= 0.6 is 0 Å². The van der Waals surface area contributed by atoms with Crippen LogP contribution in [0.25, 0.3) is 0 Å². The van der Waals surface area contributed by atoms with Crippen LogP contribution < -0.4 is 5.32 Å². The second-order valence-electron chi connectivity index (χ2n) is 1.84. The Balaban J connectivity index is 2.43. The lowest BCUT2D eigenvalue weighted by Gasteiger charge is -2.04. The molecule has 0 saturated heterocycles. The molecule has 1 atom stereocenters. The maximum Gasteiger partial charge on any atom is 0.326 e. The summed E-state index contributed by atoms with van der Waals surface area (Å²) in [4.78, 5) is 10.7. The van der Waals surface area contributed by atoms with Gasteiger partial charge in [-0.25, -0.2) is 0 Å². The van der Waals surface area contributed by atoms with Crippen molar-refractivity contribution < 1.29 is 9.53 Å². The normalized spacial score (nSPS) is 24.3. The number of nitrogens with one attached hydrogen (secondary N) is 1. The zero-order valence-electron chi connectivity index (χ0n) is 5.26. The molecule has 0 saturated carbocycles. The first-order chi connectivity index (χ1) is 4.34. The van der Waals surface area contributed by atoms with Gasteiger partial charge in [-0.05, 0) is 0 Å². The molecular weight excluding hydrogens is 118 g/mol. The van der Waals surface area contributed by atoms with Crippen LogP contribution in [-0.4, -0.2) is 25.7 Å². The smallest absolute Gasteiger partial charge is 0.326 e. The first-order valence-electron chi connectivity index (χ1n) is 2.82. The molecule has 1 unspecified atom stereocenters. The van der Waals surface area contributed by atoms with Crippen molar-refractivity contribution in [1.29, 1.82) is 0 Å². The molecule has 0 bridgehead atoms. The summed E-state index contributed by atoms with van der Waals surface area (Å²) >= 11 is 0. The van der Waals surface area contributed by atoms with Crippen LogP contribution in [-0.2, 0) is 9.53 Å². The average molecular weight is 127 g/mol. The van der Waals surface area contributed by atoms with Gasteiger partial charge in [0.15, 0.2) is 0 Å². The fourth-order valence-electron chi connectivity index (χ4n) is 0.756. The quantitative estimate of drug-likeness (QED) is 0.388. The predicted molar refractivity (Wildman–Crippen MR) is 32.9 cm³/mol. The first-order valence-corrected chi connectivity index (χ1v) is 2.82. The number of rotatable bonds is 1. The predicted octanol–water partition coefficient (Wildman–Crippen LogP) is -0.313. The Morgan fingerprint density at radius 2 is 2.67 bits per heavy atom. The van der Waals surface area contributed by atoms with Crippen molar-refractivity contribution >= 4 is 5.97 Å². The lowest BCUT2D eigenvalue weighted by Crippen LogP contribution is -2.31. The van der Waals surface area contributed by atoms with Gasteiger partial charge in [-0.2, -0.15) is 0 Å². The molecule has 9 heavy (non-hydrogen) atoms. The monoisotopic (exact) mass is 127 g/mol. The molecule has 1 aliphatic heterocycles. The summed E-state index contributed by atoms with van der Waals surface area (Å²) in [7, 11) is 1.39. The maximum atomic E-state index is 10.7. The van der Waals surface area contributed by atoms with Crippen LogP contribution in [0.1, 0.15) is 0 Å². The third kappa shape index (κ3) is 1.29. The topological polar surface area (TPSA) is 38.3 Å². The zero-order valence-corrected chi connectivity index (χ0v) is 5.26. The molecule has 1 aliphatic rings. The highest BCUT2D eigenvalue weighted by Crippen LogP contribution is 1.95. The van der Waals surface area contributed by atoms with E-state index in [-0.39, 0.29) is 12.0 Å². The van der Waals surface area contributed by atoms with Crippen molar-refractivity contribution in [2.75, 3.05) is 13.7 Å². The molecule has 1 rings (SSSR count). The van der Waals surface area contributed by atoms with E-state index in [1.54, 1.807) is 6.08 Å². The summed E-state index contributed by atoms with van der Waals surface area (Å²) in [5, 5.41) is 2.92. The van der Waals surface area contributed by atoms with Gasteiger partial charge in [-0.3, -0.25) is 10.1 Å². The Morgan fingerprint density at radius 1 is 1.89 bits per heavy atom. The highest BCUT2D eigenvalue weighted by molar-refractivity contribution is 5.78. The molecule has 0 aliphatic carbocycles. The van der Waals surface area contributed by atoms with Crippen molar-refractivity contribution in [2.24, 2.45) is 0 Å². The largest absolute Gasteiger partial charge is 0.468 e. The Kier molecular flexibility index (Phi) is 1.85. The molecule has 0 fully saturated rings. The molecular formula is C6H9NO2. The minimum Gasteiger partial charge on any atom is -0.468 e. The van der Waals surface area contributed by atoms with Crippen LogP contribution in [0.15, 0.2) is 12.2 Å². The molecule has 3 nitrogen and oxygen atoms in total. The van der Waals surface area contributed by atoms with Crippen LogP contribution in [0.4, 0.5) is 0 Å². The Morgan fingerprint density at radius 3 is 3.11 bits per heavy atom. The van der Waals surface area contributed by atoms with Crippen LogP contribution in [0.3, 0.4) is 0 Å². The van der Waals surface area contributed by atoms with E-state index < -0.39 is 0 Å². The molecule has 0 radical (unpaired) electrons. The highest BCUT2D eigenvalue weighted by atomic mass is 16.5. The van der Waals surface area contributed by atoms with E-state index in [1.807, 2.05) is 6.08 Å². The Hall–Kier alpha value is -0.830. The molecule has 0 spiro atoms. The number of carbonyl (C=O) groups excluding carboxylic acids is 1. The standard InChI is InChI=1S/C6H9NO2/c1-9-6(8)5-3-2-4-7-5/h2-3,5,7H,4H2,1H3. The van der Waals surface area contributed by atoms with Gasteiger partial charge in [0.1, 0.15) is 6.04 Å². The lowest BCUT2D eigenvalue weighted by atomic mass is 10.3. The number of methoxy groups -OCH3 is 1. The molecule has 1 heterocycles. The van der Waals surface area contributed by atoms with Crippen LogP contribution in [0.5, 0.6) is 0 Å². The molecule has 0 aromatic rings. The Labute approximate surface area is 53.7 Å². The molecule has 0 aromatic heterocycles. The van der Waals surface area contributed by atoms with E-state index >= 15 is 0 Å². The van der Waals surface area contributed by atoms with E-state index in [1.165, 1.54) is 7.11 Å². The summed E-state index contributed by atoms with van der Waals surface area (Å²) in [6.45, 7) is 0.764. The van der Waals surface area contributed by atoms with Gasteiger partial charge in [0.05, 0.1) is 7.11 Å². The van der Waals surface area contributed by atoms with Crippen molar-refractivity contribution in [1.82, 2.24) is 5.32 Å². The van der Waals surface area contributed by atoms with Crippen molar-refractivity contribution in [3.8, 4) is 0 Å². The fourth-order valence-corrected chi connectivity index (χ4v) is 0.756. The van der Waals surface area contributed by atoms with Gasteiger partial charge < -0.3 is 4.74 Å². The van der Waals surface area contributed by atoms with Gasteiger partial charge in [-0.1, -0.05) is 12.2 Å². The molecule has 3 heteroatoms.